The van der Waals surface area contributed by atoms with Gasteiger partial charge in [0.25, 0.3) is 0 Å². The summed E-state index contributed by atoms with van der Waals surface area (Å²) in [5, 5.41) is 2.77. The Labute approximate surface area is 171 Å². The first-order chi connectivity index (χ1) is 13.7. The average molecular weight is 423 g/mol. The fourth-order valence-electron chi connectivity index (χ4n) is 2.80. The largest absolute Gasteiger partial charge is 0.491 e. The van der Waals surface area contributed by atoms with Gasteiger partial charge in [0, 0.05) is 13.0 Å². The van der Waals surface area contributed by atoms with Gasteiger partial charge in [-0.05, 0) is 61.7 Å². The second-order valence-corrected chi connectivity index (χ2v) is 8.72. The van der Waals surface area contributed by atoms with Gasteiger partial charge in [-0.3, -0.25) is 9.10 Å². The number of nitrogens with zero attached hydrogens (tertiary/aromatic N) is 1. The molecule has 6 nitrogen and oxygen atoms in total. The molecule has 0 atom stereocenters. The van der Waals surface area contributed by atoms with E-state index in [1.807, 2.05) is 32.0 Å². The van der Waals surface area contributed by atoms with E-state index in [9.17, 15) is 17.6 Å². The minimum Gasteiger partial charge on any atom is -0.491 e. The van der Waals surface area contributed by atoms with Crippen LogP contribution in [0.4, 0.5) is 10.1 Å². The maximum Gasteiger partial charge on any atom is 0.232 e. The van der Waals surface area contributed by atoms with E-state index in [1.54, 1.807) is 0 Å². The first-order valence-electron chi connectivity index (χ1n) is 9.37. The number of halogens is 1. The van der Waals surface area contributed by atoms with E-state index in [2.05, 4.69) is 5.32 Å². The molecule has 0 spiro atoms. The maximum atomic E-state index is 13.1. The predicted molar refractivity (Wildman–Crippen MR) is 112 cm³/mol. The van der Waals surface area contributed by atoms with E-state index < -0.39 is 15.8 Å². The third kappa shape index (κ3) is 7.05. The van der Waals surface area contributed by atoms with Crippen LogP contribution in [0.15, 0.2) is 42.5 Å². The van der Waals surface area contributed by atoms with Crippen molar-refractivity contribution in [1.82, 2.24) is 5.32 Å². The van der Waals surface area contributed by atoms with Crippen molar-refractivity contribution in [3.05, 3.63) is 59.4 Å². The van der Waals surface area contributed by atoms with Crippen LogP contribution in [0.3, 0.4) is 0 Å². The van der Waals surface area contributed by atoms with Crippen LogP contribution < -0.4 is 14.4 Å². The minimum absolute atomic E-state index is 0.136. The zero-order valence-corrected chi connectivity index (χ0v) is 17.8. The molecule has 0 unspecified atom stereocenters. The van der Waals surface area contributed by atoms with Crippen LogP contribution in [0.1, 0.15) is 24.0 Å². The molecule has 0 aliphatic rings. The number of aryl methyl sites for hydroxylation is 1. The molecule has 1 N–H and O–H groups in total. The van der Waals surface area contributed by atoms with Gasteiger partial charge in [0.15, 0.2) is 0 Å². The van der Waals surface area contributed by atoms with Crippen LogP contribution in [0.5, 0.6) is 5.75 Å². The zero-order chi connectivity index (χ0) is 21.4. The van der Waals surface area contributed by atoms with E-state index in [-0.39, 0.29) is 18.9 Å². The third-order valence-electron chi connectivity index (χ3n) is 4.52. The fourth-order valence-corrected chi connectivity index (χ4v) is 3.76. The van der Waals surface area contributed by atoms with Crippen molar-refractivity contribution in [1.29, 1.82) is 0 Å². The lowest BCUT2D eigenvalue weighted by Crippen LogP contribution is -2.32. The molecule has 0 heterocycles. The lowest BCUT2D eigenvalue weighted by Gasteiger charge is -2.22. The Hall–Kier alpha value is -2.61. The summed E-state index contributed by atoms with van der Waals surface area (Å²) in [5.74, 6) is 0.175. The highest BCUT2D eigenvalue weighted by molar-refractivity contribution is 7.92. The first-order valence-corrected chi connectivity index (χ1v) is 11.2. The molecule has 2 aromatic rings. The number of amides is 1. The molecule has 0 radical (unpaired) electrons. The summed E-state index contributed by atoms with van der Waals surface area (Å²) in [6.07, 6.45) is 1.60. The van der Waals surface area contributed by atoms with E-state index in [4.69, 9.17) is 4.74 Å². The van der Waals surface area contributed by atoms with Crippen LogP contribution in [0.25, 0.3) is 0 Å². The summed E-state index contributed by atoms with van der Waals surface area (Å²) < 4.78 is 43.9. The molecule has 0 aromatic heterocycles. The van der Waals surface area contributed by atoms with Crippen LogP contribution >= 0.6 is 0 Å². The van der Waals surface area contributed by atoms with E-state index in [0.717, 1.165) is 23.1 Å². The van der Waals surface area contributed by atoms with Gasteiger partial charge in [-0.25, -0.2) is 12.8 Å². The molecule has 0 saturated heterocycles. The molecule has 8 heteroatoms. The maximum absolute atomic E-state index is 13.1. The van der Waals surface area contributed by atoms with Crippen molar-refractivity contribution in [3.63, 3.8) is 0 Å². The summed E-state index contributed by atoms with van der Waals surface area (Å²) in [6, 6.07) is 11.0. The number of sulfonamides is 1. The standard InChI is InChI=1S/C21H27FN2O4S/c1-16-6-4-7-20(17(16)2)28-15-13-23-21(25)8-5-14-24(29(3,26)27)19-11-9-18(22)10-12-19/h4,6-7,9-12H,5,8,13-15H2,1-3H3,(H,23,25). The van der Waals surface area contributed by atoms with Gasteiger partial charge in [0.2, 0.25) is 15.9 Å². The number of carbonyl (C=O) groups excluding carboxylic acids is 1. The highest BCUT2D eigenvalue weighted by atomic mass is 32.2. The number of hydrogen-bond acceptors (Lipinski definition) is 4. The molecule has 29 heavy (non-hydrogen) atoms. The first kappa shape index (κ1) is 22.7. The number of carbonyl (C=O) groups is 1. The summed E-state index contributed by atoms with van der Waals surface area (Å²) in [7, 11) is -3.53. The van der Waals surface area contributed by atoms with Crippen molar-refractivity contribution in [2.45, 2.75) is 26.7 Å². The summed E-state index contributed by atoms with van der Waals surface area (Å²) in [4.78, 5) is 12.0. The summed E-state index contributed by atoms with van der Waals surface area (Å²) in [5.41, 5.74) is 2.58. The Bertz CT molecular complexity index is 930. The Kier molecular flexibility index (Phi) is 8.01. The molecule has 1 amide bonds. The summed E-state index contributed by atoms with van der Waals surface area (Å²) >= 11 is 0. The third-order valence-corrected chi connectivity index (χ3v) is 5.71. The van der Waals surface area contributed by atoms with Gasteiger partial charge in [-0.1, -0.05) is 12.1 Å². The number of anilines is 1. The Morgan fingerprint density at radius 1 is 1.14 bits per heavy atom. The average Bonchev–Trinajstić information content (AvgIpc) is 2.65. The van der Waals surface area contributed by atoms with E-state index in [0.29, 0.717) is 25.3 Å². The van der Waals surface area contributed by atoms with Gasteiger partial charge in [0.05, 0.1) is 18.5 Å². The van der Waals surface area contributed by atoms with Gasteiger partial charge in [0.1, 0.15) is 18.2 Å². The van der Waals surface area contributed by atoms with Gasteiger partial charge in [-0.15, -0.1) is 0 Å². The molecule has 0 bridgehead atoms. The Morgan fingerprint density at radius 2 is 1.83 bits per heavy atom. The zero-order valence-electron chi connectivity index (χ0n) is 16.9. The molecule has 0 fully saturated rings. The Morgan fingerprint density at radius 3 is 2.48 bits per heavy atom. The monoisotopic (exact) mass is 422 g/mol. The molecule has 0 saturated carbocycles. The van der Waals surface area contributed by atoms with Gasteiger partial charge >= 0.3 is 0 Å². The quantitative estimate of drug-likeness (QED) is 0.597. The van der Waals surface area contributed by atoms with Crippen molar-refractivity contribution < 1.29 is 22.3 Å². The van der Waals surface area contributed by atoms with E-state index >= 15 is 0 Å². The number of benzene rings is 2. The highest BCUT2D eigenvalue weighted by Gasteiger charge is 2.17. The van der Waals surface area contributed by atoms with Crippen LogP contribution in [0, 0.1) is 19.7 Å². The van der Waals surface area contributed by atoms with Crippen LogP contribution in [-0.4, -0.2) is 40.3 Å². The van der Waals surface area contributed by atoms with Crippen molar-refractivity contribution in [2.75, 3.05) is 30.3 Å². The summed E-state index contributed by atoms with van der Waals surface area (Å²) in [6.45, 7) is 4.84. The number of rotatable bonds is 10. The lowest BCUT2D eigenvalue weighted by atomic mass is 10.1. The Balaban J connectivity index is 1.76. The van der Waals surface area contributed by atoms with Gasteiger partial charge < -0.3 is 10.1 Å². The van der Waals surface area contributed by atoms with Crippen molar-refractivity contribution in [2.24, 2.45) is 0 Å². The fraction of sp³-hybridized carbons (Fsp3) is 0.381. The molecule has 2 rings (SSSR count). The molecular formula is C21H27FN2O4S. The molecule has 2 aromatic carbocycles. The molecular weight excluding hydrogens is 395 g/mol. The van der Waals surface area contributed by atoms with Crippen LogP contribution in [0.2, 0.25) is 0 Å². The lowest BCUT2D eigenvalue weighted by molar-refractivity contribution is -0.121. The van der Waals surface area contributed by atoms with Crippen molar-refractivity contribution >= 4 is 21.6 Å². The highest BCUT2D eigenvalue weighted by Crippen LogP contribution is 2.20. The second-order valence-electron chi connectivity index (χ2n) is 6.81. The van der Waals surface area contributed by atoms with Crippen molar-refractivity contribution in [3.8, 4) is 5.75 Å². The predicted octanol–water partition coefficient (Wildman–Crippen LogP) is 3.18. The number of nitrogens with one attached hydrogen (secondary N) is 1. The van der Waals surface area contributed by atoms with Gasteiger partial charge in [-0.2, -0.15) is 0 Å². The topological polar surface area (TPSA) is 75.7 Å². The minimum atomic E-state index is -3.53. The molecule has 0 aliphatic heterocycles. The SMILES string of the molecule is Cc1cccc(OCCNC(=O)CCCN(c2ccc(F)cc2)S(C)(=O)=O)c1C. The van der Waals surface area contributed by atoms with E-state index in [1.165, 1.54) is 28.6 Å². The molecule has 0 aliphatic carbocycles. The smallest absolute Gasteiger partial charge is 0.232 e. The normalized spacial score (nSPS) is 11.2. The number of hydrogen-bond donors (Lipinski definition) is 1. The number of ether oxygens (including phenoxy) is 1. The van der Waals surface area contributed by atoms with Crippen LogP contribution in [-0.2, 0) is 14.8 Å². The second kappa shape index (κ2) is 10.2. The molecule has 158 valence electrons.